The molecule has 0 aliphatic heterocycles. The lowest BCUT2D eigenvalue weighted by atomic mass is 10.1. The van der Waals surface area contributed by atoms with Gasteiger partial charge >= 0.3 is 0 Å². The van der Waals surface area contributed by atoms with Crippen LogP contribution < -0.4 is 5.73 Å². The number of hydrogen-bond donors (Lipinski definition) is 2. The van der Waals surface area contributed by atoms with Gasteiger partial charge in [-0.25, -0.2) is 0 Å². The van der Waals surface area contributed by atoms with Gasteiger partial charge in [0.1, 0.15) is 0 Å². The second-order valence-electron chi connectivity index (χ2n) is 2.95. The van der Waals surface area contributed by atoms with Gasteiger partial charge in [0.15, 0.2) is 0 Å². The molecule has 0 bridgehead atoms. The highest BCUT2D eigenvalue weighted by Crippen LogP contribution is 2.01. The summed E-state index contributed by atoms with van der Waals surface area (Å²) in [6.07, 6.45) is 2.48. The van der Waals surface area contributed by atoms with E-state index in [-0.39, 0.29) is 12.6 Å². The number of pyridine rings is 1. The third-order valence-electron chi connectivity index (χ3n) is 1.71. The fraction of sp³-hybridized carbons (Fsp3) is 0.444. The van der Waals surface area contributed by atoms with Crippen LogP contribution in [0, 0.1) is 6.92 Å². The SMILES string of the molecule is Cc1ccc(CC(N)CO)cn1. The molecule has 0 radical (unpaired) electrons. The van der Waals surface area contributed by atoms with Crippen LogP contribution in [-0.4, -0.2) is 22.7 Å². The molecule has 0 saturated heterocycles. The number of nitrogens with zero attached hydrogens (tertiary/aromatic N) is 1. The fourth-order valence-corrected chi connectivity index (χ4v) is 0.986. The molecule has 1 atom stereocenters. The second kappa shape index (κ2) is 4.18. The van der Waals surface area contributed by atoms with Gasteiger partial charge in [-0.2, -0.15) is 0 Å². The molecule has 12 heavy (non-hydrogen) atoms. The van der Waals surface area contributed by atoms with Crippen molar-refractivity contribution in [3.63, 3.8) is 0 Å². The summed E-state index contributed by atoms with van der Waals surface area (Å²) in [5.41, 5.74) is 7.63. The predicted molar refractivity (Wildman–Crippen MR) is 47.7 cm³/mol. The zero-order valence-electron chi connectivity index (χ0n) is 7.20. The third-order valence-corrected chi connectivity index (χ3v) is 1.71. The number of aromatic nitrogens is 1. The van der Waals surface area contributed by atoms with Crippen molar-refractivity contribution >= 4 is 0 Å². The Morgan fingerprint density at radius 1 is 1.58 bits per heavy atom. The molecule has 3 N–H and O–H groups in total. The normalized spacial score (nSPS) is 12.9. The number of rotatable bonds is 3. The third kappa shape index (κ3) is 2.60. The molecule has 3 nitrogen and oxygen atoms in total. The molecule has 3 heteroatoms. The van der Waals surface area contributed by atoms with Crippen LogP contribution in [0.1, 0.15) is 11.3 Å². The first-order valence-electron chi connectivity index (χ1n) is 4.00. The van der Waals surface area contributed by atoms with Gasteiger partial charge in [0.2, 0.25) is 0 Å². The Balaban J connectivity index is 2.58. The molecule has 1 heterocycles. The van der Waals surface area contributed by atoms with Gasteiger partial charge < -0.3 is 10.8 Å². The summed E-state index contributed by atoms with van der Waals surface area (Å²) in [4.78, 5) is 4.13. The second-order valence-corrected chi connectivity index (χ2v) is 2.95. The van der Waals surface area contributed by atoms with Crippen LogP contribution in [0.25, 0.3) is 0 Å². The van der Waals surface area contributed by atoms with Crippen molar-refractivity contribution in [3.8, 4) is 0 Å². The van der Waals surface area contributed by atoms with Crippen molar-refractivity contribution in [1.82, 2.24) is 4.98 Å². The largest absolute Gasteiger partial charge is 0.395 e. The molecule has 0 aliphatic rings. The number of aliphatic hydroxyl groups excluding tert-OH is 1. The molecule has 0 aliphatic carbocycles. The molecule has 1 aromatic heterocycles. The Labute approximate surface area is 72.2 Å². The highest BCUT2D eigenvalue weighted by molar-refractivity contribution is 5.14. The Kier molecular flexibility index (Phi) is 3.19. The van der Waals surface area contributed by atoms with E-state index in [0.717, 1.165) is 11.3 Å². The first kappa shape index (κ1) is 9.16. The minimum absolute atomic E-state index is 0.0217. The minimum Gasteiger partial charge on any atom is -0.395 e. The van der Waals surface area contributed by atoms with Crippen molar-refractivity contribution in [2.45, 2.75) is 19.4 Å². The lowest BCUT2D eigenvalue weighted by Crippen LogP contribution is -2.26. The monoisotopic (exact) mass is 166 g/mol. The average Bonchev–Trinajstić information content (AvgIpc) is 2.09. The van der Waals surface area contributed by atoms with Crippen LogP contribution >= 0.6 is 0 Å². The maximum absolute atomic E-state index is 8.71. The lowest BCUT2D eigenvalue weighted by Gasteiger charge is -2.06. The van der Waals surface area contributed by atoms with Crippen molar-refractivity contribution in [3.05, 3.63) is 29.6 Å². The van der Waals surface area contributed by atoms with E-state index < -0.39 is 0 Å². The smallest absolute Gasteiger partial charge is 0.0585 e. The molecule has 0 saturated carbocycles. The molecule has 1 unspecified atom stereocenters. The van der Waals surface area contributed by atoms with Gasteiger partial charge in [-0.05, 0) is 25.0 Å². The van der Waals surface area contributed by atoms with E-state index in [0.29, 0.717) is 6.42 Å². The molecule has 0 aromatic carbocycles. The van der Waals surface area contributed by atoms with Crippen LogP contribution in [0.2, 0.25) is 0 Å². The van der Waals surface area contributed by atoms with Gasteiger partial charge in [0.25, 0.3) is 0 Å². The molecule has 1 aromatic rings. The summed E-state index contributed by atoms with van der Waals surface area (Å²) in [5.74, 6) is 0. The summed E-state index contributed by atoms with van der Waals surface area (Å²) in [6, 6.07) is 3.76. The molecular formula is C9H14N2O. The zero-order chi connectivity index (χ0) is 8.97. The first-order chi connectivity index (χ1) is 5.72. The summed E-state index contributed by atoms with van der Waals surface area (Å²) in [5, 5.41) is 8.71. The van der Waals surface area contributed by atoms with Crippen LogP contribution in [-0.2, 0) is 6.42 Å². The number of aliphatic hydroxyl groups is 1. The standard InChI is InChI=1S/C9H14N2O/c1-7-2-3-8(5-11-7)4-9(10)6-12/h2-3,5,9,12H,4,6,10H2,1H3. The fourth-order valence-electron chi connectivity index (χ4n) is 0.986. The molecule has 0 spiro atoms. The highest BCUT2D eigenvalue weighted by Gasteiger charge is 2.01. The van der Waals surface area contributed by atoms with E-state index in [2.05, 4.69) is 4.98 Å². The summed E-state index contributed by atoms with van der Waals surface area (Å²) < 4.78 is 0. The molecular weight excluding hydrogens is 152 g/mol. The van der Waals surface area contributed by atoms with Crippen molar-refractivity contribution in [1.29, 1.82) is 0 Å². The maximum atomic E-state index is 8.71. The van der Waals surface area contributed by atoms with Gasteiger partial charge in [-0.15, -0.1) is 0 Å². The lowest BCUT2D eigenvalue weighted by molar-refractivity contribution is 0.265. The van der Waals surface area contributed by atoms with Crippen LogP contribution in [0.5, 0.6) is 0 Å². The Morgan fingerprint density at radius 2 is 2.33 bits per heavy atom. The van der Waals surface area contributed by atoms with Crippen molar-refractivity contribution in [2.24, 2.45) is 5.73 Å². The minimum atomic E-state index is -0.172. The molecule has 1 rings (SSSR count). The van der Waals surface area contributed by atoms with E-state index in [9.17, 15) is 0 Å². The summed E-state index contributed by atoms with van der Waals surface area (Å²) in [6.45, 7) is 1.96. The summed E-state index contributed by atoms with van der Waals surface area (Å²) >= 11 is 0. The van der Waals surface area contributed by atoms with E-state index in [4.69, 9.17) is 10.8 Å². The van der Waals surface area contributed by atoms with Gasteiger partial charge in [-0.1, -0.05) is 6.07 Å². The Morgan fingerprint density at radius 3 is 2.83 bits per heavy atom. The summed E-state index contributed by atoms with van der Waals surface area (Å²) in [7, 11) is 0. The van der Waals surface area contributed by atoms with E-state index in [1.807, 2.05) is 19.1 Å². The first-order valence-corrected chi connectivity index (χ1v) is 4.00. The number of hydrogen-bond acceptors (Lipinski definition) is 3. The van der Waals surface area contributed by atoms with E-state index >= 15 is 0 Å². The average molecular weight is 166 g/mol. The van der Waals surface area contributed by atoms with Crippen molar-refractivity contribution in [2.75, 3.05) is 6.61 Å². The highest BCUT2D eigenvalue weighted by atomic mass is 16.3. The number of nitrogens with two attached hydrogens (primary N) is 1. The van der Waals surface area contributed by atoms with E-state index in [1.165, 1.54) is 0 Å². The van der Waals surface area contributed by atoms with Crippen LogP contribution in [0.15, 0.2) is 18.3 Å². The van der Waals surface area contributed by atoms with Gasteiger partial charge in [-0.3, -0.25) is 4.98 Å². The van der Waals surface area contributed by atoms with Crippen molar-refractivity contribution < 1.29 is 5.11 Å². The molecule has 0 fully saturated rings. The predicted octanol–water partition coefficient (Wildman–Crippen LogP) is 0.252. The zero-order valence-corrected chi connectivity index (χ0v) is 7.20. The topological polar surface area (TPSA) is 59.1 Å². The Hall–Kier alpha value is -0.930. The Bertz CT molecular complexity index is 233. The number of aryl methyl sites for hydroxylation is 1. The molecule has 0 amide bonds. The van der Waals surface area contributed by atoms with E-state index in [1.54, 1.807) is 6.20 Å². The maximum Gasteiger partial charge on any atom is 0.0585 e. The van der Waals surface area contributed by atoms with Gasteiger partial charge in [0, 0.05) is 17.9 Å². The quantitative estimate of drug-likeness (QED) is 0.676. The molecule has 66 valence electrons. The van der Waals surface area contributed by atoms with Crippen LogP contribution in [0.3, 0.4) is 0 Å². The van der Waals surface area contributed by atoms with Crippen LogP contribution in [0.4, 0.5) is 0 Å². The van der Waals surface area contributed by atoms with Gasteiger partial charge in [0.05, 0.1) is 6.61 Å².